The van der Waals surface area contributed by atoms with Crippen molar-refractivity contribution in [3.8, 4) is 0 Å². The Morgan fingerprint density at radius 2 is 1.75 bits per heavy atom. The van der Waals surface area contributed by atoms with Crippen LogP contribution in [0.3, 0.4) is 0 Å². The first-order chi connectivity index (χ1) is 7.43. The lowest BCUT2D eigenvalue weighted by Gasteiger charge is -2.21. The van der Waals surface area contributed by atoms with Gasteiger partial charge in [0.1, 0.15) is 0 Å². The molecule has 16 heavy (non-hydrogen) atoms. The van der Waals surface area contributed by atoms with Gasteiger partial charge in [-0.25, -0.2) is 0 Å². The molecule has 0 amide bonds. The van der Waals surface area contributed by atoms with Gasteiger partial charge in [0, 0.05) is 18.4 Å². The molecule has 1 rings (SSSR count). The minimum absolute atomic E-state index is 0.500. The van der Waals surface area contributed by atoms with Crippen LogP contribution in [0.2, 0.25) is 0 Å². The fraction of sp³-hybridized carbons (Fsp3) is 0.643. The summed E-state index contributed by atoms with van der Waals surface area (Å²) in [6.45, 7) is 9.93. The largest absolute Gasteiger partial charge is 0.305 e. The minimum atomic E-state index is 0.500. The summed E-state index contributed by atoms with van der Waals surface area (Å²) >= 11 is 0. The summed E-state index contributed by atoms with van der Waals surface area (Å²) in [6, 6.07) is 2.15. The van der Waals surface area contributed by atoms with E-state index < -0.39 is 0 Å². The Hall–Kier alpha value is -0.890. The Bertz CT molecular complexity index is 341. The molecule has 0 saturated heterocycles. The van der Waals surface area contributed by atoms with Crippen molar-refractivity contribution in [1.82, 2.24) is 9.88 Å². The summed E-state index contributed by atoms with van der Waals surface area (Å²) in [7, 11) is 4.22. The molecule has 2 nitrogen and oxygen atoms in total. The zero-order valence-corrected chi connectivity index (χ0v) is 11.4. The Kier molecular flexibility index (Phi) is 4.48. The van der Waals surface area contributed by atoms with Crippen LogP contribution >= 0.6 is 0 Å². The smallest absolute Gasteiger partial charge is 0.0466 e. The number of aromatic nitrogens is 1. The molecule has 0 aliphatic carbocycles. The Labute approximate surface area is 99.7 Å². The lowest BCUT2D eigenvalue weighted by Crippen LogP contribution is -2.15. The first-order valence-electron chi connectivity index (χ1n) is 6.05. The van der Waals surface area contributed by atoms with Crippen LogP contribution in [0.5, 0.6) is 0 Å². The predicted molar refractivity (Wildman–Crippen MR) is 69.8 cm³/mol. The first-order valence-corrected chi connectivity index (χ1v) is 6.05. The van der Waals surface area contributed by atoms with Gasteiger partial charge in [0.05, 0.1) is 0 Å². The highest BCUT2D eigenvalue weighted by Gasteiger charge is 2.15. The third-order valence-electron chi connectivity index (χ3n) is 2.72. The van der Waals surface area contributed by atoms with Gasteiger partial charge in [0.25, 0.3) is 0 Å². The molecule has 0 fully saturated rings. The Balaban J connectivity index is 3.21. The van der Waals surface area contributed by atoms with E-state index >= 15 is 0 Å². The van der Waals surface area contributed by atoms with Crippen molar-refractivity contribution in [2.45, 2.75) is 46.1 Å². The molecule has 0 aliphatic rings. The summed E-state index contributed by atoms with van der Waals surface area (Å²) < 4.78 is 0. The van der Waals surface area contributed by atoms with E-state index in [0.717, 1.165) is 6.54 Å². The topological polar surface area (TPSA) is 16.1 Å². The third-order valence-corrected chi connectivity index (χ3v) is 2.72. The number of hydrogen-bond acceptors (Lipinski definition) is 2. The second-order valence-corrected chi connectivity index (χ2v) is 5.32. The highest BCUT2D eigenvalue weighted by atomic mass is 15.0. The van der Waals surface area contributed by atoms with Crippen LogP contribution in [-0.4, -0.2) is 24.0 Å². The lowest BCUT2D eigenvalue weighted by molar-refractivity contribution is 0.399. The molecule has 0 unspecified atom stereocenters. The van der Waals surface area contributed by atoms with Crippen molar-refractivity contribution in [2.24, 2.45) is 0 Å². The molecule has 2 heteroatoms. The first kappa shape index (κ1) is 13.2. The van der Waals surface area contributed by atoms with E-state index in [1.807, 2.05) is 6.20 Å². The molecule has 0 aliphatic heterocycles. The maximum absolute atomic E-state index is 4.55. The maximum atomic E-state index is 4.55. The second-order valence-electron chi connectivity index (χ2n) is 5.32. The van der Waals surface area contributed by atoms with E-state index in [-0.39, 0.29) is 0 Å². The minimum Gasteiger partial charge on any atom is -0.305 e. The highest BCUT2D eigenvalue weighted by Crippen LogP contribution is 2.27. The van der Waals surface area contributed by atoms with Crippen LogP contribution in [0.4, 0.5) is 0 Å². The van der Waals surface area contributed by atoms with Crippen LogP contribution in [0.1, 0.15) is 56.4 Å². The zero-order valence-electron chi connectivity index (χ0n) is 11.4. The molecule has 0 aromatic carbocycles. The van der Waals surface area contributed by atoms with E-state index in [1.165, 1.54) is 16.8 Å². The Morgan fingerprint density at radius 1 is 1.12 bits per heavy atom. The van der Waals surface area contributed by atoms with Crippen LogP contribution in [0, 0.1) is 0 Å². The van der Waals surface area contributed by atoms with Gasteiger partial charge in [-0.15, -0.1) is 0 Å². The molecule has 0 atom stereocenters. The Morgan fingerprint density at radius 3 is 2.19 bits per heavy atom. The van der Waals surface area contributed by atoms with Gasteiger partial charge in [0.2, 0.25) is 0 Å². The fourth-order valence-electron chi connectivity index (χ4n) is 2.14. The van der Waals surface area contributed by atoms with E-state index in [9.17, 15) is 0 Å². The van der Waals surface area contributed by atoms with E-state index in [4.69, 9.17) is 0 Å². The van der Waals surface area contributed by atoms with Crippen molar-refractivity contribution in [2.75, 3.05) is 14.1 Å². The van der Waals surface area contributed by atoms with Crippen LogP contribution < -0.4 is 0 Å². The van der Waals surface area contributed by atoms with Gasteiger partial charge in [-0.05, 0) is 43.1 Å². The van der Waals surface area contributed by atoms with E-state index in [2.05, 4.69) is 57.7 Å². The summed E-state index contributed by atoms with van der Waals surface area (Å²) in [5.74, 6) is 1.04. The number of nitrogens with zero attached hydrogens (tertiary/aromatic N) is 2. The molecule has 0 N–H and O–H groups in total. The molecule has 0 bridgehead atoms. The molecular weight excluding hydrogens is 196 g/mol. The second kappa shape index (κ2) is 5.44. The van der Waals surface area contributed by atoms with Gasteiger partial charge >= 0.3 is 0 Å². The van der Waals surface area contributed by atoms with Crippen molar-refractivity contribution in [3.63, 3.8) is 0 Å². The van der Waals surface area contributed by atoms with Gasteiger partial charge in [-0.2, -0.15) is 0 Å². The van der Waals surface area contributed by atoms with Crippen LogP contribution in [0.15, 0.2) is 12.3 Å². The van der Waals surface area contributed by atoms with Crippen molar-refractivity contribution in [3.05, 3.63) is 29.1 Å². The standard InChI is InChI=1S/C14H24N2/c1-10(2)13-12(9-16(5)6)7-8-15-14(13)11(3)4/h7-8,10-11H,9H2,1-6H3. The molecule has 90 valence electrons. The zero-order chi connectivity index (χ0) is 12.3. The lowest BCUT2D eigenvalue weighted by atomic mass is 9.91. The summed E-state index contributed by atoms with van der Waals surface area (Å²) in [6.07, 6.45) is 1.94. The van der Waals surface area contributed by atoms with E-state index in [0.29, 0.717) is 11.8 Å². The molecule has 1 aromatic rings. The van der Waals surface area contributed by atoms with Gasteiger partial charge in [0.15, 0.2) is 0 Å². The average molecular weight is 220 g/mol. The van der Waals surface area contributed by atoms with Crippen molar-refractivity contribution < 1.29 is 0 Å². The summed E-state index contributed by atoms with van der Waals surface area (Å²) in [5.41, 5.74) is 4.11. The third kappa shape index (κ3) is 3.05. The fourth-order valence-corrected chi connectivity index (χ4v) is 2.14. The molecule has 1 aromatic heterocycles. The molecule has 0 radical (unpaired) electrons. The van der Waals surface area contributed by atoms with Crippen molar-refractivity contribution >= 4 is 0 Å². The molecular formula is C14H24N2. The molecule has 0 spiro atoms. The number of pyridine rings is 1. The van der Waals surface area contributed by atoms with Gasteiger partial charge in [-0.1, -0.05) is 27.7 Å². The van der Waals surface area contributed by atoms with Crippen LogP contribution in [-0.2, 0) is 6.54 Å². The van der Waals surface area contributed by atoms with Gasteiger partial charge < -0.3 is 4.90 Å². The van der Waals surface area contributed by atoms with E-state index in [1.54, 1.807) is 0 Å². The normalized spacial score (nSPS) is 11.8. The van der Waals surface area contributed by atoms with Crippen molar-refractivity contribution in [1.29, 1.82) is 0 Å². The quantitative estimate of drug-likeness (QED) is 0.773. The van der Waals surface area contributed by atoms with Crippen LogP contribution in [0.25, 0.3) is 0 Å². The predicted octanol–water partition coefficient (Wildman–Crippen LogP) is 3.39. The monoisotopic (exact) mass is 220 g/mol. The number of rotatable bonds is 4. The number of hydrogen-bond donors (Lipinski definition) is 0. The summed E-state index contributed by atoms with van der Waals surface area (Å²) in [5, 5.41) is 0. The molecule has 1 heterocycles. The maximum Gasteiger partial charge on any atom is 0.0466 e. The average Bonchev–Trinajstić information content (AvgIpc) is 2.15. The highest BCUT2D eigenvalue weighted by molar-refractivity contribution is 5.34. The molecule has 0 saturated carbocycles. The SMILES string of the molecule is CC(C)c1nccc(CN(C)C)c1C(C)C. The summed E-state index contributed by atoms with van der Waals surface area (Å²) in [4.78, 5) is 6.76. The van der Waals surface area contributed by atoms with Gasteiger partial charge in [-0.3, -0.25) is 4.98 Å².